The summed E-state index contributed by atoms with van der Waals surface area (Å²) in [6.07, 6.45) is 0.505. The Hall–Kier alpha value is -2.04. The summed E-state index contributed by atoms with van der Waals surface area (Å²) in [4.78, 5) is 11.9. The van der Waals surface area contributed by atoms with E-state index in [1.165, 1.54) is 13.2 Å². The average molecular weight is 546 g/mol. The summed E-state index contributed by atoms with van der Waals surface area (Å²) >= 11 is 0.998. The molecule has 2 aliphatic heterocycles. The fourth-order valence-electron chi connectivity index (χ4n) is 3.92. The van der Waals surface area contributed by atoms with Gasteiger partial charge in [-0.2, -0.15) is 5.10 Å². The van der Waals surface area contributed by atoms with Crippen LogP contribution in [0.2, 0.25) is 0 Å². The maximum absolute atomic E-state index is 14.7. The van der Waals surface area contributed by atoms with E-state index in [4.69, 9.17) is 15.2 Å². The molecule has 36 heavy (non-hydrogen) atoms. The van der Waals surface area contributed by atoms with E-state index in [-0.39, 0.29) is 50.5 Å². The quantitative estimate of drug-likeness (QED) is 0.339. The van der Waals surface area contributed by atoms with Crippen molar-refractivity contribution in [1.29, 1.82) is 0 Å². The van der Waals surface area contributed by atoms with Crippen LogP contribution in [-0.4, -0.2) is 55.6 Å². The first-order chi connectivity index (χ1) is 17.2. The summed E-state index contributed by atoms with van der Waals surface area (Å²) in [6, 6.07) is 4.94. The monoisotopic (exact) mass is 545 g/mol. The molecule has 1 amide bonds. The highest BCUT2D eigenvalue weighted by Crippen LogP contribution is 2.56. The summed E-state index contributed by atoms with van der Waals surface area (Å²) in [5.74, 6) is -3.76. The molecule has 2 aromatic carbocycles. The van der Waals surface area contributed by atoms with Gasteiger partial charge in [-0.05, 0) is 42.9 Å². The number of nitrogens with zero attached hydrogens (tertiary/aromatic N) is 2. The van der Waals surface area contributed by atoms with E-state index in [0.29, 0.717) is 11.5 Å². The number of thioether (sulfide) groups is 1. The van der Waals surface area contributed by atoms with Gasteiger partial charge in [-0.15, -0.1) is 0 Å². The molecule has 0 aromatic heterocycles. The Kier molecular flexibility index (Phi) is 9.88. The van der Waals surface area contributed by atoms with E-state index >= 15 is 0 Å². The van der Waals surface area contributed by atoms with E-state index in [1.807, 2.05) is 13.8 Å². The predicted octanol–water partition coefficient (Wildman–Crippen LogP) is 3.91. The van der Waals surface area contributed by atoms with Crippen LogP contribution in [0.15, 0.2) is 35.4 Å². The van der Waals surface area contributed by atoms with Crippen molar-refractivity contribution in [2.24, 2.45) is 16.8 Å². The number of methoxy groups -OCH3 is 1. The number of rotatable bonds is 6. The second-order valence-electron chi connectivity index (χ2n) is 8.08. The number of halogens is 4. The smallest absolute Gasteiger partial charge is 0.270 e. The molecule has 0 aliphatic carbocycles. The maximum Gasteiger partial charge on any atom is 0.270 e. The number of amides is 1. The first kappa shape index (κ1) is 28.5. The second-order valence-corrected chi connectivity index (χ2v) is 10.6. The number of nitrogens with two attached hydrogens (primary N) is 1. The third kappa shape index (κ3) is 5.75. The zero-order chi connectivity index (χ0) is 26.5. The van der Waals surface area contributed by atoms with Gasteiger partial charge in [-0.25, -0.2) is 22.6 Å². The Morgan fingerprint density at radius 2 is 1.92 bits per heavy atom. The van der Waals surface area contributed by atoms with Crippen molar-refractivity contribution >= 4 is 36.6 Å². The molecule has 2 aromatic rings. The highest BCUT2D eigenvalue weighted by molar-refractivity contribution is 8.15. The number of hydrazone groups is 1. The zero-order valence-corrected chi connectivity index (χ0v) is 21.9. The lowest BCUT2D eigenvalue weighted by molar-refractivity contribution is -0.141. The summed E-state index contributed by atoms with van der Waals surface area (Å²) in [5.41, 5.74) is 4.98. The van der Waals surface area contributed by atoms with Crippen molar-refractivity contribution in [3.63, 3.8) is 0 Å². The third-order valence-corrected chi connectivity index (χ3v) is 8.78. The van der Waals surface area contributed by atoms with Gasteiger partial charge in [0.1, 0.15) is 39.8 Å². The number of benzene rings is 2. The van der Waals surface area contributed by atoms with Crippen molar-refractivity contribution in [3.8, 4) is 0 Å². The van der Waals surface area contributed by atoms with Crippen molar-refractivity contribution in [2.45, 2.75) is 18.7 Å². The first-order valence-electron chi connectivity index (χ1n) is 11.3. The maximum atomic E-state index is 14.7. The van der Waals surface area contributed by atoms with Crippen molar-refractivity contribution in [2.75, 3.05) is 39.6 Å². The molecule has 6 nitrogen and oxygen atoms in total. The van der Waals surface area contributed by atoms with E-state index in [0.717, 1.165) is 47.6 Å². The molecule has 2 N–H and O–H groups in total. The normalized spacial score (nSPS) is 21.3. The highest BCUT2D eigenvalue weighted by atomic mass is 32.2. The van der Waals surface area contributed by atoms with Gasteiger partial charge in [0.15, 0.2) is 0 Å². The number of fused-ring (bicyclic) bond motifs is 2. The first-order valence-corrected chi connectivity index (χ1v) is 13.3. The highest BCUT2D eigenvalue weighted by Gasteiger charge is 2.55. The summed E-state index contributed by atoms with van der Waals surface area (Å²) in [6.45, 7) is 4.56. The van der Waals surface area contributed by atoms with Gasteiger partial charge >= 0.3 is 0 Å². The Balaban J connectivity index is 0.00000115. The van der Waals surface area contributed by atoms with E-state index in [9.17, 15) is 22.4 Å². The molecule has 0 saturated heterocycles. The van der Waals surface area contributed by atoms with Gasteiger partial charge in [-0.1, -0.05) is 34.2 Å². The number of hydrogen-bond donors (Lipinski definition) is 1. The fraction of sp³-hybridized carbons (Fsp3) is 0.417. The van der Waals surface area contributed by atoms with E-state index < -0.39 is 34.0 Å². The standard InChI is InChI=1S/C22H21F4N2O3PS.C2H7N/c1-12-11-32-20-16(8-14(24)9-18(20)26)22(12)28(19(29)10-31-6-5-30-2)27-21(33-22)15-7-13(23)3-4-17(15)25;1-2-3/h3-4,7-9,12,32H,5-6,10-11H2,1-2H3;2-3H2,1H3/t12?,22-;/m0./s1. The van der Waals surface area contributed by atoms with Crippen LogP contribution in [0.25, 0.3) is 0 Å². The molecule has 2 aliphatic rings. The molecule has 0 fully saturated rings. The van der Waals surface area contributed by atoms with Crippen LogP contribution in [0.4, 0.5) is 17.6 Å². The minimum Gasteiger partial charge on any atom is -0.382 e. The SMILES string of the molecule is CCN.COCCOCC(=O)N1N=C(c2cc(F)ccc2F)S[C@@]12c1cc(F)cc(F)c1PCC2C. The molecule has 3 atom stereocenters. The zero-order valence-electron chi connectivity index (χ0n) is 20.1. The van der Waals surface area contributed by atoms with Gasteiger partial charge in [-0.3, -0.25) is 4.79 Å². The minimum absolute atomic E-state index is 0.0462. The lowest BCUT2D eigenvalue weighted by atomic mass is 9.93. The molecule has 1 spiro atoms. The second kappa shape index (κ2) is 12.5. The van der Waals surface area contributed by atoms with Gasteiger partial charge in [0, 0.05) is 29.6 Å². The van der Waals surface area contributed by atoms with E-state index in [1.54, 1.807) is 0 Å². The molecular weight excluding hydrogens is 517 g/mol. The Morgan fingerprint density at radius 1 is 1.19 bits per heavy atom. The van der Waals surface area contributed by atoms with Gasteiger partial charge in [0.2, 0.25) is 0 Å². The predicted molar refractivity (Wildman–Crippen MR) is 135 cm³/mol. The Labute approximate surface area is 213 Å². The topological polar surface area (TPSA) is 77.2 Å². The van der Waals surface area contributed by atoms with Gasteiger partial charge in [0.25, 0.3) is 5.91 Å². The molecule has 0 radical (unpaired) electrons. The van der Waals surface area contributed by atoms with E-state index in [2.05, 4.69) is 5.10 Å². The Morgan fingerprint density at radius 3 is 2.61 bits per heavy atom. The molecule has 2 heterocycles. The third-order valence-electron chi connectivity index (χ3n) is 5.50. The molecule has 2 unspecified atom stereocenters. The van der Waals surface area contributed by atoms with Crippen molar-refractivity contribution in [3.05, 3.63) is 64.7 Å². The van der Waals surface area contributed by atoms with Crippen LogP contribution >= 0.6 is 20.3 Å². The number of carbonyl (C=O) groups is 1. The number of hydrogen-bond acceptors (Lipinski definition) is 6. The summed E-state index contributed by atoms with van der Waals surface area (Å²) in [7, 11) is 1.55. The average Bonchev–Trinajstić information content (AvgIpc) is 3.23. The molecule has 0 saturated carbocycles. The fourth-order valence-corrected chi connectivity index (χ4v) is 7.13. The van der Waals surface area contributed by atoms with Crippen LogP contribution in [0.1, 0.15) is 25.0 Å². The molecule has 12 heteroatoms. The van der Waals surface area contributed by atoms with Gasteiger partial charge in [0.05, 0.1) is 13.2 Å². The number of carbonyl (C=O) groups excluding carboxylic acids is 1. The van der Waals surface area contributed by atoms with Crippen LogP contribution in [0, 0.1) is 29.2 Å². The van der Waals surface area contributed by atoms with Crippen LogP contribution < -0.4 is 11.0 Å². The van der Waals surface area contributed by atoms with Crippen LogP contribution in [0.3, 0.4) is 0 Å². The van der Waals surface area contributed by atoms with Gasteiger partial charge < -0.3 is 15.2 Å². The van der Waals surface area contributed by atoms with Crippen LogP contribution in [-0.2, 0) is 19.1 Å². The minimum atomic E-state index is -1.33. The lowest BCUT2D eigenvalue weighted by Gasteiger charge is -2.44. The summed E-state index contributed by atoms with van der Waals surface area (Å²) in [5, 5.41) is 5.82. The summed E-state index contributed by atoms with van der Waals surface area (Å²) < 4.78 is 67.8. The molecule has 0 bridgehead atoms. The van der Waals surface area contributed by atoms with Crippen molar-refractivity contribution in [1.82, 2.24) is 5.01 Å². The Bertz CT molecular complexity index is 1140. The number of ether oxygens (including phenoxy) is 2. The molecule has 4 rings (SSSR count). The molecular formula is C24H28F4N3O3PS. The van der Waals surface area contributed by atoms with Crippen molar-refractivity contribution < 1.29 is 31.8 Å². The van der Waals surface area contributed by atoms with Crippen LogP contribution in [0.5, 0.6) is 0 Å². The molecule has 196 valence electrons. The lowest BCUT2D eigenvalue weighted by Crippen LogP contribution is -2.52. The largest absolute Gasteiger partial charge is 0.382 e.